The third-order valence-electron chi connectivity index (χ3n) is 2.82. The zero-order valence-electron chi connectivity index (χ0n) is 12.7. The Hall–Kier alpha value is -1.14. The second-order valence-corrected chi connectivity index (χ2v) is 5.55. The van der Waals surface area contributed by atoms with E-state index in [4.69, 9.17) is 4.74 Å². The lowest BCUT2D eigenvalue weighted by Gasteiger charge is -2.11. The number of guanidine groups is 1. The van der Waals surface area contributed by atoms with E-state index in [9.17, 15) is 0 Å². The van der Waals surface area contributed by atoms with Crippen LogP contribution in [0.15, 0.2) is 10.4 Å². The van der Waals surface area contributed by atoms with Crippen molar-refractivity contribution in [3.8, 4) is 0 Å². The van der Waals surface area contributed by atoms with Gasteiger partial charge in [0.25, 0.3) is 0 Å². The van der Waals surface area contributed by atoms with Crippen LogP contribution >= 0.6 is 11.3 Å². The maximum atomic E-state index is 5.01. The summed E-state index contributed by atoms with van der Waals surface area (Å²) in [6, 6.07) is 0. The number of rotatable bonds is 9. The first kappa shape index (κ1) is 16.9. The minimum Gasteiger partial charge on any atom is -0.385 e. The molecular formula is C14H26N4OS. The Bertz CT molecular complexity index is 392. The number of ether oxygens (including phenoxy) is 1. The molecule has 0 saturated carbocycles. The van der Waals surface area contributed by atoms with Gasteiger partial charge in [-0.25, -0.2) is 4.98 Å². The van der Waals surface area contributed by atoms with Crippen LogP contribution in [-0.4, -0.2) is 44.8 Å². The molecule has 0 aromatic carbocycles. The number of nitrogens with one attached hydrogen (secondary N) is 2. The largest absolute Gasteiger partial charge is 0.385 e. The summed E-state index contributed by atoms with van der Waals surface area (Å²) >= 11 is 1.75. The van der Waals surface area contributed by atoms with E-state index in [1.807, 2.05) is 6.92 Å². The van der Waals surface area contributed by atoms with Crippen LogP contribution in [0.25, 0.3) is 0 Å². The Morgan fingerprint density at radius 1 is 1.30 bits per heavy atom. The van der Waals surface area contributed by atoms with E-state index in [0.717, 1.165) is 57.0 Å². The number of aliphatic imine (C=N–C) groups is 1. The molecule has 0 amide bonds. The molecule has 0 aliphatic rings. The van der Waals surface area contributed by atoms with Crippen LogP contribution in [0, 0.1) is 6.92 Å². The van der Waals surface area contributed by atoms with Crippen LogP contribution in [0.2, 0.25) is 0 Å². The molecule has 6 heteroatoms. The van der Waals surface area contributed by atoms with E-state index in [1.165, 1.54) is 5.01 Å². The van der Waals surface area contributed by atoms with E-state index in [0.29, 0.717) is 0 Å². The maximum absolute atomic E-state index is 5.01. The topological polar surface area (TPSA) is 58.5 Å². The third-order valence-corrected chi connectivity index (χ3v) is 3.84. The van der Waals surface area contributed by atoms with Gasteiger partial charge in [0, 0.05) is 44.9 Å². The Balaban J connectivity index is 2.03. The van der Waals surface area contributed by atoms with Crippen molar-refractivity contribution < 1.29 is 4.74 Å². The first-order chi connectivity index (χ1) is 9.76. The molecule has 2 N–H and O–H groups in total. The highest BCUT2D eigenvalue weighted by atomic mass is 32.1. The van der Waals surface area contributed by atoms with Gasteiger partial charge in [0.05, 0.1) is 5.01 Å². The van der Waals surface area contributed by atoms with Crippen molar-refractivity contribution >= 4 is 17.3 Å². The van der Waals surface area contributed by atoms with Gasteiger partial charge >= 0.3 is 0 Å². The van der Waals surface area contributed by atoms with E-state index < -0.39 is 0 Å². The van der Waals surface area contributed by atoms with Gasteiger partial charge in [-0.3, -0.25) is 4.99 Å². The van der Waals surface area contributed by atoms with Gasteiger partial charge in [0.2, 0.25) is 0 Å². The number of unbranched alkanes of at least 4 members (excludes halogenated alkanes) is 1. The molecule has 114 valence electrons. The Kier molecular flexibility index (Phi) is 8.98. The Labute approximate surface area is 125 Å². The molecule has 1 aromatic rings. The molecular weight excluding hydrogens is 272 g/mol. The summed E-state index contributed by atoms with van der Waals surface area (Å²) in [5.74, 6) is 0.867. The average Bonchev–Trinajstić information content (AvgIpc) is 2.86. The lowest BCUT2D eigenvalue weighted by Crippen LogP contribution is -2.38. The molecule has 0 saturated heterocycles. The normalized spacial score (nSPS) is 11.7. The van der Waals surface area contributed by atoms with Crippen molar-refractivity contribution in [3.05, 3.63) is 16.1 Å². The van der Waals surface area contributed by atoms with E-state index in [1.54, 1.807) is 25.5 Å². The number of nitrogens with zero attached hydrogens (tertiary/aromatic N) is 2. The minimum atomic E-state index is 0.775. The molecule has 1 heterocycles. The summed E-state index contributed by atoms with van der Waals surface area (Å²) in [5.41, 5.74) is 1.13. The Morgan fingerprint density at radius 2 is 2.05 bits per heavy atom. The summed E-state index contributed by atoms with van der Waals surface area (Å²) in [6.07, 6.45) is 4.33. The summed E-state index contributed by atoms with van der Waals surface area (Å²) in [7, 11) is 3.51. The van der Waals surface area contributed by atoms with Crippen molar-refractivity contribution in [2.45, 2.75) is 32.6 Å². The second-order valence-electron chi connectivity index (χ2n) is 4.61. The molecule has 0 aliphatic heterocycles. The molecule has 0 fully saturated rings. The van der Waals surface area contributed by atoms with Crippen molar-refractivity contribution in [3.63, 3.8) is 0 Å². The number of aromatic nitrogens is 1. The molecule has 20 heavy (non-hydrogen) atoms. The Morgan fingerprint density at radius 3 is 2.65 bits per heavy atom. The van der Waals surface area contributed by atoms with Gasteiger partial charge in [0.15, 0.2) is 5.96 Å². The fourth-order valence-electron chi connectivity index (χ4n) is 1.77. The van der Waals surface area contributed by atoms with Gasteiger partial charge in [-0.1, -0.05) is 0 Å². The standard InChI is InChI=1S/C14H26N4OS/c1-12-11-20-13(18-12)7-4-5-8-16-14(15-2)17-9-6-10-19-3/h11H,4-10H2,1-3H3,(H2,15,16,17). The summed E-state index contributed by atoms with van der Waals surface area (Å²) in [6.45, 7) is 4.64. The highest BCUT2D eigenvalue weighted by Gasteiger charge is 1.99. The lowest BCUT2D eigenvalue weighted by atomic mass is 10.2. The highest BCUT2D eigenvalue weighted by molar-refractivity contribution is 7.09. The molecule has 0 aliphatic carbocycles. The molecule has 0 bridgehead atoms. The van der Waals surface area contributed by atoms with Crippen LogP contribution in [-0.2, 0) is 11.2 Å². The number of aryl methyl sites for hydroxylation is 2. The van der Waals surface area contributed by atoms with Crippen molar-refractivity contribution in [2.24, 2.45) is 4.99 Å². The number of hydrogen-bond acceptors (Lipinski definition) is 4. The zero-order chi connectivity index (χ0) is 14.6. The summed E-state index contributed by atoms with van der Waals surface area (Å²) in [4.78, 5) is 8.66. The number of thiazole rings is 1. The van der Waals surface area contributed by atoms with Crippen LogP contribution in [0.5, 0.6) is 0 Å². The van der Waals surface area contributed by atoms with Gasteiger partial charge in [-0.15, -0.1) is 11.3 Å². The van der Waals surface area contributed by atoms with Crippen LogP contribution in [0.4, 0.5) is 0 Å². The van der Waals surface area contributed by atoms with Gasteiger partial charge < -0.3 is 15.4 Å². The zero-order valence-corrected chi connectivity index (χ0v) is 13.6. The van der Waals surface area contributed by atoms with E-state index in [-0.39, 0.29) is 0 Å². The monoisotopic (exact) mass is 298 g/mol. The molecule has 1 rings (SSSR count). The number of methoxy groups -OCH3 is 1. The second kappa shape index (κ2) is 10.6. The first-order valence-corrected chi connectivity index (χ1v) is 7.98. The van der Waals surface area contributed by atoms with Crippen LogP contribution in [0.3, 0.4) is 0 Å². The minimum absolute atomic E-state index is 0.775. The smallest absolute Gasteiger partial charge is 0.190 e. The van der Waals surface area contributed by atoms with Gasteiger partial charge in [-0.2, -0.15) is 0 Å². The van der Waals surface area contributed by atoms with Gasteiger partial charge in [-0.05, 0) is 32.6 Å². The SMILES string of the molecule is CN=C(NCCCCc1nc(C)cs1)NCCCOC. The molecule has 0 radical (unpaired) electrons. The predicted octanol–water partition coefficient (Wildman–Crippen LogP) is 1.98. The fraction of sp³-hybridized carbons (Fsp3) is 0.714. The lowest BCUT2D eigenvalue weighted by molar-refractivity contribution is 0.195. The molecule has 1 aromatic heterocycles. The van der Waals surface area contributed by atoms with Crippen LogP contribution < -0.4 is 10.6 Å². The highest BCUT2D eigenvalue weighted by Crippen LogP contribution is 2.11. The van der Waals surface area contributed by atoms with Crippen LogP contribution in [0.1, 0.15) is 30.0 Å². The fourth-order valence-corrected chi connectivity index (χ4v) is 2.59. The first-order valence-electron chi connectivity index (χ1n) is 7.10. The summed E-state index contributed by atoms with van der Waals surface area (Å²) in [5, 5.41) is 9.93. The molecule has 0 unspecified atom stereocenters. The third kappa shape index (κ3) is 7.45. The maximum Gasteiger partial charge on any atom is 0.190 e. The number of hydrogen-bond donors (Lipinski definition) is 2. The van der Waals surface area contributed by atoms with Gasteiger partial charge in [0.1, 0.15) is 0 Å². The quantitative estimate of drug-likeness (QED) is 0.416. The molecule has 5 nitrogen and oxygen atoms in total. The van der Waals surface area contributed by atoms with Crippen molar-refractivity contribution in [2.75, 3.05) is 33.9 Å². The van der Waals surface area contributed by atoms with E-state index in [2.05, 4.69) is 26.0 Å². The predicted molar refractivity (Wildman–Crippen MR) is 85.6 cm³/mol. The van der Waals surface area contributed by atoms with E-state index >= 15 is 0 Å². The van der Waals surface area contributed by atoms with Crippen molar-refractivity contribution in [1.82, 2.24) is 15.6 Å². The molecule has 0 spiro atoms. The van der Waals surface area contributed by atoms with Crippen molar-refractivity contribution in [1.29, 1.82) is 0 Å². The molecule has 0 atom stereocenters. The average molecular weight is 298 g/mol. The summed E-state index contributed by atoms with van der Waals surface area (Å²) < 4.78 is 5.01.